The molecule has 1 saturated heterocycles. The second-order valence-corrected chi connectivity index (χ2v) is 10.5. The van der Waals surface area contributed by atoms with Gasteiger partial charge < -0.3 is 10.4 Å². The van der Waals surface area contributed by atoms with Gasteiger partial charge in [-0.25, -0.2) is 17.7 Å². The zero-order valence-electron chi connectivity index (χ0n) is 17.4. The first-order valence-corrected chi connectivity index (χ1v) is 12.4. The highest BCUT2D eigenvalue weighted by Crippen LogP contribution is 2.30. The lowest BCUT2D eigenvalue weighted by Gasteiger charge is -2.31. The molecule has 0 amide bonds. The van der Waals surface area contributed by atoms with Crippen LogP contribution in [0.1, 0.15) is 50.1 Å². The van der Waals surface area contributed by atoms with Crippen molar-refractivity contribution in [2.24, 2.45) is 0 Å². The molecule has 2 aromatic heterocycles. The van der Waals surface area contributed by atoms with Crippen molar-refractivity contribution in [2.75, 3.05) is 24.7 Å². The molecule has 2 aromatic rings. The molecule has 2 aliphatic rings. The molecule has 1 aliphatic heterocycles. The number of hydrogen-bond acceptors (Lipinski definition) is 7. The molecule has 0 aromatic carbocycles. The van der Waals surface area contributed by atoms with Crippen LogP contribution < -0.4 is 10.9 Å². The molecule has 4 rings (SSSR count). The third-order valence-corrected chi connectivity index (χ3v) is 7.50. The zero-order valence-corrected chi connectivity index (χ0v) is 18.2. The lowest BCUT2D eigenvalue weighted by Crippen LogP contribution is -2.42. The number of piperidine rings is 1. The summed E-state index contributed by atoms with van der Waals surface area (Å²) in [4.78, 5) is 22.0. The average Bonchev–Trinajstić information content (AvgIpc) is 2.69. The lowest BCUT2D eigenvalue weighted by atomic mass is 9.92. The number of aliphatic hydroxyl groups is 1. The Labute approximate surface area is 176 Å². The molecule has 164 valence electrons. The Morgan fingerprint density at radius 2 is 1.93 bits per heavy atom. The van der Waals surface area contributed by atoms with Gasteiger partial charge in [-0.1, -0.05) is 0 Å². The Balaban J connectivity index is 1.61. The van der Waals surface area contributed by atoms with E-state index in [-0.39, 0.29) is 17.6 Å². The van der Waals surface area contributed by atoms with Crippen LogP contribution >= 0.6 is 0 Å². The van der Waals surface area contributed by atoms with Gasteiger partial charge in [0.1, 0.15) is 5.65 Å². The summed E-state index contributed by atoms with van der Waals surface area (Å²) >= 11 is 0. The summed E-state index contributed by atoms with van der Waals surface area (Å²) in [5, 5.41) is 14.2. The molecule has 2 fully saturated rings. The van der Waals surface area contributed by atoms with E-state index < -0.39 is 16.1 Å². The Kier molecular flexibility index (Phi) is 5.82. The number of aryl methyl sites for hydroxylation is 1. The zero-order chi connectivity index (χ0) is 21.5. The van der Waals surface area contributed by atoms with Crippen molar-refractivity contribution in [1.82, 2.24) is 18.8 Å². The molecule has 1 saturated carbocycles. The van der Waals surface area contributed by atoms with Crippen LogP contribution in [0.2, 0.25) is 0 Å². The molecule has 9 nitrogen and oxygen atoms in total. The van der Waals surface area contributed by atoms with E-state index in [1.54, 1.807) is 17.7 Å². The minimum Gasteiger partial charge on any atom is -0.393 e. The van der Waals surface area contributed by atoms with Crippen LogP contribution in [0, 0.1) is 6.92 Å². The van der Waals surface area contributed by atoms with Crippen LogP contribution in [-0.4, -0.2) is 63.9 Å². The smallest absolute Gasteiger partial charge is 0.255 e. The number of nitrogens with one attached hydrogen (secondary N) is 1. The minimum absolute atomic E-state index is 0.0718. The Hall–Kier alpha value is -2.04. The molecular weight excluding hydrogens is 406 g/mol. The van der Waals surface area contributed by atoms with Crippen molar-refractivity contribution in [3.05, 3.63) is 28.2 Å². The third-order valence-electron chi connectivity index (χ3n) is 6.19. The van der Waals surface area contributed by atoms with Crippen molar-refractivity contribution in [2.45, 2.75) is 63.6 Å². The van der Waals surface area contributed by atoms with Gasteiger partial charge in [0.2, 0.25) is 16.0 Å². The summed E-state index contributed by atoms with van der Waals surface area (Å²) < 4.78 is 26.6. The third kappa shape index (κ3) is 4.35. The van der Waals surface area contributed by atoms with Gasteiger partial charge in [0.15, 0.2) is 0 Å². The number of rotatable bonds is 4. The first-order chi connectivity index (χ1) is 14.2. The number of nitrogens with zero attached hydrogens (tertiary/aromatic N) is 4. The van der Waals surface area contributed by atoms with E-state index >= 15 is 0 Å². The van der Waals surface area contributed by atoms with Crippen LogP contribution in [0.15, 0.2) is 17.1 Å². The minimum atomic E-state index is -3.17. The summed E-state index contributed by atoms with van der Waals surface area (Å²) in [5.74, 6) is 0.439. The van der Waals surface area contributed by atoms with E-state index in [0.717, 1.165) is 24.6 Å². The average molecular weight is 436 g/mol. The van der Waals surface area contributed by atoms with Crippen LogP contribution in [0.4, 0.5) is 5.95 Å². The van der Waals surface area contributed by atoms with Gasteiger partial charge in [0.05, 0.1) is 12.4 Å². The molecule has 0 bridgehead atoms. The number of aliphatic hydroxyl groups excluding tert-OH is 1. The van der Waals surface area contributed by atoms with Gasteiger partial charge in [-0.3, -0.25) is 9.36 Å². The number of pyridine rings is 1. The standard InChI is InChI=1S/C20H29N5O4S/c1-13-10-14-12-21-20(22-15-6-8-24(9-7-15)30(2,28)29)23-18(14)25(19(13)27)16-4-3-5-17(26)11-16/h10,12,15-17,26H,3-9,11H2,1-2H3,(H,21,22,23)/t16-,17-/m0/s1. The van der Waals surface area contributed by atoms with Crippen molar-refractivity contribution < 1.29 is 13.5 Å². The molecule has 1 aliphatic carbocycles. The summed E-state index contributed by atoms with van der Waals surface area (Å²) in [6, 6.07) is 1.80. The molecule has 2 N–H and O–H groups in total. The number of sulfonamides is 1. The number of hydrogen-bond donors (Lipinski definition) is 2. The van der Waals surface area contributed by atoms with Crippen molar-refractivity contribution >= 4 is 27.0 Å². The SMILES string of the molecule is Cc1cc2cnc(NC3CCN(S(C)(=O)=O)CC3)nc2n([C@H]2CCC[C@H](O)C2)c1=O. The van der Waals surface area contributed by atoms with E-state index in [9.17, 15) is 18.3 Å². The van der Waals surface area contributed by atoms with E-state index in [4.69, 9.17) is 0 Å². The van der Waals surface area contributed by atoms with E-state index in [1.165, 1.54) is 10.6 Å². The number of aromatic nitrogens is 3. The maximum Gasteiger partial charge on any atom is 0.255 e. The molecule has 0 spiro atoms. The fourth-order valence-corrected chi connectivity index (χ4v) is 5.43. The summed E-state index contributed by atoms with van der Waals surface area (Å²) in [5.41, 5.74) is 1.14. The first kappa shape index (κ1) is 21.2. The predicted molar refractivity (Wildman–Crippen MR) is 115 cm³/mol. The van der Waals surface area contributed by atoms with Crippen molar-refractivity contribution in [3.63, 3.8) is 0 Å². The van der Waals surface area contributed by atoms with Gasteiger partial charge >= 0.3 is 0 Å². The maximum atomic E-state index is 13.0. The highest BCUT2D eigenvalue weighted by Gasteiger charge is 2.27. The molecular formula is C20H29N5O4S. The van der Waals surface area contributed by atoms with Crippen LogP contribution in [-0.2, 0) is 10.0 Å². The molecule has 30 heavy (non-hydrogen) atoms. The summed E-state index contributed by atoms with van der Waals surface area (Å²) in [7, 11) is -3.17. The largest absolute Gasteiger partial charge is 0.393 e. The lowest BCUT2D eigenvalue weighted by molar-refractivity contribution is 0.104. The normalized spacial score (nSPS) is 24.2. The molecule has 3 heterocycles. The highest BCUT2D eigenvalue weighted by atomic mass is 32.2. The summed E-state index contributed by atoms with van der Waals surface area (Å²) in [6.45, 7) is 2.72. The fourth-order valence-electron chi connectivity index (χ4n) is 4.55. The van der Waals surface area contributed by atoms with Gasteiger partial charge in [0.25, 0.3) is 5.56 Å². The second-order valence-electron chi connectivity index (χ2n) is 8.53. The Morgan fingerprint density at radius 3 is 2.60 bits per heavy atom. The quantitative estimate of drug-likeness (QED) is 0.746. The van der Waals surface area contributed by atoms with E-state index in [0.29, 0.717) is 49.5 Å². The van der Waals surface area contributed by atoms with Gasteiger partial charge in [0, 0.05) is 42.3 Å². The van der Waals surface area contributed by atoms with Gasteiger partial charge in [-0.15, -0.1) is 0 Å². The Morgan fingerprint density at radius 1 is 1.20 bits per heavy atom. The summed E-state index contributed by atoms with van der Waals surface area (Å²) in [6.07, 6.45) is 6.93. The maximum absolute atomic E-state index is 13.0. The monoisotopic (exact) mass is 435 g/mol. The van der Waals surface area contributed by atoms with Crippen LogP contribution in [0.5, 0.6) is 0 Å². The second kappa shape index (κ2) is 8.24. The molecule has 2 atom stereocenters. The van der Waals surface area contributed by atoms with E-state index in [1.807, 2.05) is 6.07 Å². The highest BCUT2D eigenvalue weighted by molar-refractivity contribution is 7.88. The predicted octanol–water partition coefficient (Wildman–Crippen LogP) is 1.41. The topological polar surface area (TPSA) is 117 Å². The number of fused-ring (bicyclic) bond motifs is 1. The first-order valence-electron chi connectivity index (χ1n) is 10.5. The molecule has 10 heteroatoms. The van der Waals surface area contributed by atoms with Gasteiger partial charge in [-0.2, -0.15) is 4.98 Å². The van der Waals surface area contributed by atoms with Crippen LogP contribution in [0.3, 0.4) is 0 Å². The molecule has 0 radical (unpaired) electrons. The van der Waals surface area contributed by atoms with Crippen LogP contribution in [0.25, 0.3) is 11.0 Å². The van der Waals surface area contributed by atoms with Crippen molar-refractivity contribution in [1.29, 1.82) is 0 Å². The van der Waals surface area contributed by atoms with Gasteiger partial charge in [-0.05, 0) is 51.5 Å². The van der Waals surface area contributed by atoms with Crippen molar-refractivity contribution in [3.8, 4) is 0 Å². The fraction of sp³-hybridized carbons (Fsp3) is 0.650. The van der Waals surface area contributed by atoms with E-state index in [2.05, 4.69) is 15.3 Å². The molecule has 0 unspecified atom stereocenters. The Bertz CT molecular complexity index is 1090. The number of anilines is 1.